The van der Waals surface area contributed by atoms with Gasteiger partial charge in [-0.15, -0.1) is 0 Å². The molecule has 0 spiro atoms. The van der Waals surface area contributed by atoms with Gasteiger partial charge in [-0.25, -0.2) is 0 Å². The van der Waals surface area contributed by atoms with Gasteiger partial charge in [0.1, 0.15) is 12.2 Å². The molecule has 2 atom stereocenters. The van der Waals surface area contributed by atoms with Gasteiger partial charge in [-0.1, -0.05) is 48.6 Å². The van der Waals surface area contributed by atoms with Gasteiger partial charge in [-0.05, 0) is 56.3 Å². The molecule has 0 radical (unpaired) electrons. The Bertz CT molecular complexity index is 964. The van der Waals surface area contributed by atoms with Gasteiger partial charge in [0.2, 0.25) is 0 Å². The number of hydrogen-bond acceptors (Lipinski definition) is 2. The molecule has 0 aliphatic heterocycles. The summed E-state index contributed by atoms with van der Waals surface area (Å²) in [5.41, 5.74) is 6.60. The molecule has 0 amide bonds. The van der Waals surface area contributed by atoms with Gasteiger partial charge in [0.15, 0.2) is 0 Å². The molecule has 3 aromatic rings. The molecule has 5 rings (SSSR count). The van der Waals surface area contributed by atoms with Gasteiger partial charge >= 0.3 is 0 Å². The number of aliphatic hydroxyl groups excluding tert-OH is 2. The van der Waals surface area contributed by atoms with E-state index in [0.29, 0.717) is 0 Å². The summed E-state index contributed by atoms with van der Waals surface area (Å²) in [4.78, 5) is 0. The van der Waals surface area contributed by atoms with E-state index in [0.717, 1.165) is 16.7 Å². The van der Waals surface area contributed by atoms with E-state index in [4.69, 9.17) is 0 Å². The SMILES string of the molecule is O[C@H]1C=Cc2cc3c(cc2[C@@H]1O)-c1cccc2cccc-3c12. The summed E-state index contributed by atoms with van der Waals surface area (Å²) < 4.78 is 0. The van der Waals surface area contributed by atoms with E-state index in [2.05, 4.69) is 42.5 Å². The van der Waals surface area contributed by atoms with Crippen LogP contribution >= 0.6 is 0 Å². The van der Waals surface area contributed by atoms with Gasteiger partial charge < -0.3 is 10.2 Å². The summed E-state index contributed by atoms with van der Waals surface area (Å²) >= 11 is 0. The molecule has 2 N–H and O–H groups in total. The molecule has 0 saturated carbocycles. The molecule has 22 heavy (non-hydrogen) atoms. The highest BCUT2D eigenvalue weighted by molar-refractivity contribution is 6.15. The second-order valence-electron chi connectivity index (χ2n) is 6.03. The van der Waals surface area contributed by atoms with Crippen LogP contribution in [0.5, 0.6) is 0 Å². The molecule has 0 fully saturated rings. The Hall–Kier alpha value is -2.42. The van der Waals surface area contributed by atoms with Crippen molar-refractivity contribution in [1.82, 2.24) is 0 Å². The normalized spacial score (nSPS) is 21.0. The third-order valence-corrected chi connectivity index (χ3v) is 4.82. The number of fused-ring (bicyclic) bond motifs is 4. The van der Waals surface area contributed by atoms with Crippen molar-refractivity contribution in [2.45, 2.75) is 12.2 Å². The van der Waals surface area contributed by atoms with Crippen molar-refractivity contribution < 1.29 is 10.2 Å². The first-order chi connectivity index (χ1) is 10.7. The smallest absolute Gasteiger partial charge is 0.109 e. The van der Waals surface area contributed by atoms with E-state index in [1.165, 1.54) is 27.5 Å². The summed E-state index contributed by atoms with van der Waals surface area (Å²) in [6.45, 7) is 0. The van der Waals surface area contributed by atoms with Crippen LogP contribution in [-0.4, -0.2) is 16.3 Å². The predicted molar refractivity (Wildman–Crippen MR) is 88.4 cm³/mol. The van der Waals surface area contributed by atoms with Crippen molar-refractivity contribution in [2.75, 3.05) is 0 Å². The maximum atomic E-state index is 10.3. The van der Waals surface area contributed by atoms with Crippen LogP contribution in [0.2, 0.25) is 0 Å². The predicted octanol–water partition coefficient (Wildman–Crippen LogP) is 3.91. The first kappa shape index (κ1) is 12.2. The lowest BCUT2D eigenvalue weighted by Gasteiger charge is -2.23. The number of aliphatic hydroxyl groups is 2. The second-order valence-corrected chi connectivity index (χ2v) is 6.03. The van der Waals surface area contributed by atoms with Crippen LogP contribution in [0, 0.1) is 0 Å². The first-order valence-electron chi connectivity index (χ1n) is 7.49. The molecule has 0 bridgehead atoms. The van der Waals surface area contributed by atoms with Crippen LogP contribution < -0.4 is 0 Å². The lowest BCUT2D eigenvalue weighted by molar-refractivity contribution is 0.0470. The summed E-state index contributed by atoms with van der Waals surface area (Å²) in [6, 6.07) is 16.9. The number of rotatable bonds is 0. The van der Waals surface area contributed by atoms with Gasteiger partial charge in [-0.3, -0.25) is 0 Å². The third kappa shape index (κ3) is 1.41. The van der Waals surface area contributed by atoms with Crippen molar-refractivity contribution in [2.24, 2.45) is 0 Å². The Balaban J connectivity index is 1.88. The zero-order valence-corrected chi connectivity index (χ0v) is 11.8. The second kappa shape index (κ2) is 4.07. The largest absolute Gasteiger partial charge is 0.386 e. The zero-order valence-electron chi connectivity index (χ0n) is 11.8. The van der Waals surface area contributed by atoms with E-state index in [-0.39, 0.29) is 0 Å². The lowest BCUT2D eigenvalue weighted by atomic mass is 9.88. The van der Waals surface area contributed by atoms with Crippen LogP contribution in [0.4, 0.5) is 0 Å². The summed E-state index contributed by atoms with van der Waals surface area (Å²) in [5, 5.41) is 22.6. The Morgan fingerprint density at radius 1 is 0.773 bits per heavy atom. The van der Waals surface area contributed by atoms with Crippen LogP contribution in [0.25, 0.3) is 39.1 Å². The first-order valence-corrected chi connectivity index (χ1v) is 7.49. The molecule has 0 heterocycles. The Morgan fingerprint density at radius 3 is 2.18 bits per heavy atom. The quantitative estimate of drug-likeness (QED) is 0.514. The minimum absolute atomic E-state index is 0.804. The molecule has 3 aromatic carbocycles. The number of hydrogen-bond donors (Lipinski definition) is 2. The molecule has 2 nitrogen and oxygen atoms in total. The van der Waals surface area contributed by atoms with Crippen molar-refractivity contribution >= 4 is 16.8 Å². The fraction of sp³-hybridized carbons (Fsp3) is 0.100. The van der Waals surface area contributed by atoms with Crippen LogP contribution in [0.1, 0.15) is 17.2 Å². The van der Waals surface area contributed by atoms with E-state index in [1.807, 2.05) is 12.1 Å². The van der Waals surface area contributed by atoms with Gasteiger partial charge in [0.25, 0.3) is 0 Å². The molecule has 0 saturated heterocycles. The highest BCUT2D eigenvalue weighted by Crippen LogP contribution is 2.49. The van der Waals surface area contributed by atoms with E-state index < -0.39 is 12.2 Å². The lowest BCUT2D eigenvalue weighted by Crippen LogP contribution is -2.19. The molecule has 0 aromatic heterocycles. The highest BCUT2D eigenvalue weighted by Gasteiger charge is 2.27. The van der Waals surface area contributed by atoms with E-state index >= 15 is 0 Å². The fourth-order valence-electron chi connectivity index (χ4n) is 3.76. The zero-order chi connectivity index (χ0) is 14.8. The fourth-order valence-corrected chi connectivity index (χ4v) is 3.76. The molecule has 0 unspecified atom stereocenters. The van der Waals surface area contributed by atoms with Crippen LogP contribution in [0.3, 0.4) is 0 Å². The van der Waals surface area contributed by atoms with Crippen molar-refractivity contribution in [3.8, 4) is 22.3 Å². The van der Waals surface area contributed by atoms with Gasteiger partial charge in [0, 0.05) is 0 Å². The van der Waals surface area contributed by atoms with E-state index in [1.54, 1.807) is 6.08 Å². The minimum atomic E-state index is -0.854. The van der Waals surface area contributed by atoms with Gasteiger partial charge in [0.05, 0.1) is 0 Å². The molecule has 2 heteroatoms. The van der Waals surface area contributed by atoms with Crippen molar-refractivity contribution in [3.05, 3.63) is 65.7 Å². The molecule has 106 valence electrons. The average Bonchev–Trinajstić information content (AvgIpc) is 2.86. The molecule has 2 aliphatic carbocycles. The maximum absolute atomic E-state index is 10.3. The summed E-state index contributed by atoms with van der Waals surface area (Å²) in [5.74, 6) is 0. The minimum Gasteiger partial charge on any atom is -0.386 e. The monoisotopic (exact) mass is 286 g/mol. The Labute approximate surface area is 128 Å². The molecule has 2 aliphatic rings. The summed E-state index contributed by atoms with van der Waals surface area (Å²) in [6.07, 6.45) is 1.87. The van der Waals surface area contributed by atoms with Crippen molar-refractivity contribution in [3.63, 3.8) is 0 Å². The maximum Gasteiger partial charge on any atom is 0.109 e. The van der Waals surface area contributed by atoms with E-state index in [9.17, 15) is 10.2 Å². The average molecular weight is 286 g/mol. The number of benzene rings is 3. The Kier molecular flexibility index (Phi) is 2.25. The third-order valence-electron chi connectivity index (χ3n) is 4.82. The Morgan fingerprint density at radius 2 is 1.45 bits per heavy atom. The highest BCUT2D eigenvalue weighted by atomic mass is 16.3. The van der Waals surface area contributed by atoms with Crippen molar-refractivity contribution in [1.29, 1.82) is 0 Å². The van der Waals surface area contributed by atoms with Gasteiger partial charge in [-0.2, -0.15) is 0 Å². The van der Waals surface area contributed by atoms with Crippen LogP contribution in [0.15, 0.2) is 54.6 Å². The standard InChI is InChI=1S/C20H14O2/c21-18-8-7-12-9-16-13-5-1-3-11-4-2-6-14(19(11)13)17(16)10-15(12)20(18)22/h1-10,18,20-22H/t18-,20-/m0/s1. The molecular weight excluding hydrogens is 272 g/mol. The van der Waals surface area contributed by atoms with Crippen LogP contribution in [-0.2, 0) is 0 Å². The summed E-state index contributed by atoms with van der Waals surface area (Å²) in [7, 11) is 0. The molecular formula is C20H14O2. The topological polar surface area (TPSA) is 40.5 Å².